The highest BCUT2D eigenvalue weighted by atomic mass is 35.5. The number of halogens is 1. The number of nitrogens with zero attached hydrogens (tertiary/aromatic N) is 2. The molecule has 0 radical (unpaired) electrons. The minimum absolute atomic E-state index is 0. The van der Waals surface area contributed by atoms with Gasteiger partial charge in [0, 0.05) is 24.3 Å². The van der Waals surface area contributed by atoms with Crippen LogP contribution in [0.15, 0.2) is 16.8 Å². The smallest absolute Gasteiger partial charge is 0.257 e. The molecule has 4 heterocycles. The molecule has 0 aromatic carbocycles. The maximum absolute atomic E-state index is 12.4. The van der Waals surface area contributed by atoms with E-state index in [9.17, 15) is 4.79 Å². The number of amides is 1. The summed E-state index contributed by atoms with van der Waals surface area (Å²) in [5.41, 5.74) is 1.80. The number of rotatable bonds is 2. The third kappa shape index (κ3) is 2.68. The van der Waals surface area contributed by atoms with Crippen molar-refractivity contribution in [2.24, 2.45) is 0 Å². The third-order valence-corrected chi connectivity index (χ3v) is 4.58. The average molecular weight is 323 g/mol. The fourth-order valence-electron chi connectivity index (χ4n) is 3.51. The summed E-state index contributed by atoms with van der Waals surface area (Å²) in [5.74, 6) is -0.0590. The molecule has 2 N–H and O–H groups in total. The molecule has 7 heteroatoms. The van der Waals surface area contributed by atoms with E-state index in [-0.39, 0.29) is 24.4 Å². The first-order valence-electron chi connectivity index (χ1n) is 7.48. The molecule has 2 bridgehead atoms. The van der Waals surface area contributed by atoms with Crippen molar-refractivity contribution in [2.45, 2.75) is 50.7 Å². The number of fused-ring (bicyclic) bond motifs is 3. The first-order valence-corrected chi connectivity index (χ1v) is 7.48. The second-order valence-corrected chi connectivity index (χ2v) is 6.12. The normalized spacial score (nSPS) is 26.7. The van der Waals surface area contributed by atoms with Crippen LogP contribution in [0.5, 0.6) is 0 Å². The lowest BCUT2D eigenvalue weighted by molar-refractivity contribution is 0.0924. The van der Waals surface area contributed by atoms with Crippen molar-refractivity contribution in [2.75, 3.05) is 0 Å². The number of aryl methyl sites for hydroxylation is 1. The standard InChI is InChI=1S/C15H18N4O2.ClH/c1-8-13-4-9(7-16-15(13)21-19-8)14(20)18-12-5-10-2-3-11(6-12)17-10;/h4,7,10-12,17H,2-3,5-6H2,1H3,(H,18,20);1H. The fraction of sp³-hybridized carbons (Fsp3) is 0.533. The van der Waals surface area contributed by atoms with E-state index in [1.54, 1.807) is 12.3 Å². The number of aromatic nitrogens is 2. The molecule has 2 aromatic heterocycles. The van der Waals surface area contributed by atoms with Gasteiger partial charge in [0.1, 0.15) is 0 Å². The summed E-state index contributed by atoms with van der Waals surface area (Å²) in [6.07, 6.45) is 6.04. The molecular weight excluding hydrogens is 304 g/mol. The Kier molecular flexibility index (Phi) is 4.06. The summed E-state index contributed by atoms with van der Waals surface area (Å²) in [6.45, 7) is 1.85. The van der Waals surface area contributed by atoms with Crippen molar-refractivity contribution < 1.29 is 9.32 Å². The molecule has 6 nitrogen and oxygen atoms in total. The summed E-state index contributed by atoms with van der Waals surface area (Å²) in [6, 6.07) is 3.19. The van der Waals surface area contributed by atoms with Gasteiger partial charge in [0.2, 0.25) is 0 Å². The summed E-state index contributed by atoms with van der Waals surface area (Å²) in [5, 5.41) is 11.4. The molecule has 2 aliphatic rings. The van der Waals surface area contributed by atoms with Crippen LogP contribution in [0.2, 0.25) is 0 Å². The lowest BCUT2D eigenvalue weighted by atomic mass is 9.99. The molecule has 1 amide bonds. The van der Waals surface area contributed by atoms with Crippen molar-refractivity contribution in [3.05, 3.63) is 23.5 Å². The largest absolute Gasteiger partial charge is 0.349 e. The van der Waals surface area contributed by atoms with Crippen molar-refractivity contribution in [3.8, 4) is 0 Å². The second-order valence-electron chi connectivity index (χ2n) is 6.12. The number of piperidine rings is 1. The van der Waals surface area contributed by atoms with Crippen molar-refractivity contribution >= 4 is 29.4 Å². The summed E-state index contributed by atoms with van der Waals surface area (Å²) in [4.78, 5) is 16.6. The van der Waals surface area contributed by atoms with Crippen LogP contribution in [0.1, 0.15) is 41.7 Å². The van der Waals surface area contributed by atoms with Crippen molar-refractivity contribution in [1.29, 1.82) is 0 Å². The van der Waals surface area contributed by atoms with Crippen LogP contribution in [0, 0.1) is 6.92 Å². The van der Waals surface area contributed by atoms with E-state index in [1.165, 1.54) is 12.8 Å². The van der Waals surface area contributed by atoms with E-state index in [4.69, 9.17) is 4.52 Å². The van der Waals surface area contributed by atoms with E-state index in [1.807, 2.05) is 6.92 Å². The Morgan fingerprint density at radius 1 is 1.36 bits per heavy atom. The van der Waals surface area contributed by atoms with E-state index >= 15 is 0 Å². The van der Waals surface area contributed by atoms with Gasteiger partial charge in [-0.25, -0.2) is 4.98 Å². The van der Waals surface area contributed by atoms with Crippen LogP contribution in [0.4, 0.5) is 0 Å². The molecule has 2 unspecified atom stereocenters. The Balaban J connectivity index is 0.00000144. The van der Waals surface area contributed by atoms with Gasteiger partial charge in [0.05, 0.1) is 16.6 Å². The Hall–Kier alpha value is -1.66. The molecule has 0 aliphatic carbocycles. The summed E-state index contributed by atoms with van der Waals surface area (Å²) in [7, 11) is 0. The maximum Gasteiger partial charge on any atom is 0.257 e. The van der Waals surface area contributed by atoms with Gasteiger partial charge in [-0.1, -0.05) is 5.16 Å². The zero-order valence-electron chi connectivity index (χ0n) is 12.3. The first kappa shape index (κ1) is 15.2. The van der Waals surface area contributed by atoms with Crippen LogP contribution in [-0.2, 0) is 0 Å². The molecule has 118 valence electrons. The van der Waals surface area contributed by atoms with Gasteiger partial charge in [-0.2, -0.15) is 0 Å². The number of hydrogen-bond donors (Lipinski definition) is 2. The molecule has 2 atom stereocenters. The van der Waals surface area contributed by atoms with Gasteiger partial charge in [-0.15, -0.1) is 12.4 Å². The SMILES string of the molecule is Cc1noc2ncc(C(=O)NC3CC4CCC(C3)N4)cc12.Cl. The average Bonchev–Trinajstić information content (AvgIpc) is 3.02. The minimum atomic E-state index is -0.0590. The van der Waals surface area contributed by atoms with Gasteiger partial charge < -0.3 is 15.2 Å². The predicted molar refractivity (Wildman–Crippen MR) is 84.2 cm³/mol. The molecule has 0 saturated carbocycles. The molecule has 2 aromatic rings. The molecular formula is C15H19ClN4O2. The van der Waals surface area contributed by atoms with Gasteiger partial charge >= 0.3 is 0 Å². The lowest BCUT2D eigenvalue weighted by Crippen LogP contribution is -2.48. The highest BCUT2D eigenvalue weighted by Gasteiger charge is 2.34. The zero-order chi connectivity index (χ0) is 14.4. The zero-order valence-corrected chi connectivity index (χ0v) is 13.2. The van der Waals surface area contributed by atoms with Crippen molar-refractivity contribution in [3.63, 3.8) is 0 Å². The third-order valence-electron chi connectivity index (χ3n) is 4.58. The maximum atomic E-state index is 12.4. The molecule has 0 spiro atoms. The first-order chi connectivity index (χ1) is 10.2. The monoisotopic (exact) mass is 322 g/mol. The fourth-order valence-corrected chi connectivity index (χ4v) is 3.51. The number of pyridine rings is 1. The number of carbonyl (C=O) groups is 1. The topological polar surface area (TPSA) is 80.0 Å². The van der Waals surface area contributed by atoms with Gasteiger partial charge in [0.25, 0.3) is 11.6 Å². The van der Waals surface area contributed by atoms with Crippen molar-refractivity contribution in [1.82, 2.24) is 20.8 Å². The van der Waals surface area contributed by atoms with Gasteiger partial charge in [0.15, 0.2) is 0 Å². The molecule has 2 aliphatic heterocycles. The Bertz CT molecular complexity index is 690. The molecule has 4 rings (SSSR count). The highest BCUT2D eigenvalue weighted by molar-refractivity contribution is 5.97. The van der Waals surface area contributed by atoms with Crippen LogP contribution in [0.25, 0.3) is 11.1 Å². The van der Waals surface area contributed by atoms with E-state index in [0.29, 0.717) is 23.4 Å². The predicted octanol–water partition coefficient (Wildman–Crippen LogP) is 1.97. The highest BCUT2D eigenvalue weighted by Crippen LogP contribution is 2.27. The Morgan fingerprint density at radius 2 is 2.09 bits per heavy atom. The van der Waals surface area contributed by atoms with Crippen LogP contribution < -0.4 is 10.6 Å². The van der Waals surface area contributed by atoms with E-state index in [2.05, 4.69) is 20.8 Å². The van der Waals surface area contributed by atoms with E-state index < -0.39 is 0 Å². The minimum Gasteiger partial charge on any atom is -0.349 e. The Labute approximate surface area is 134 Å². The summed E-state index contributed by atoms with van der Waals surface area (Å²) >= 11 is 0. The lowest BCUT2D eigenvalue weighted by Gasteiger charge is -2.29. The van der Waals surface area contributed by atoms with E-state index in [0.717, 1.165) is 23.9 Å². The Morgan fingerprint density at radius 3 is 2.82 bits per heavy atom. The second kappa shape index (κ2) is 5.85. The molecule has 2 fully saturated rings. The van der Waals surface area contributed by atoms with Crippen LogP contribution in [-0.4, -0.2) is 34.2 Å². The molecule has 2 saturated heterocycles. The quantitative estimate of drug-likeness (QED) is 0.883. The van der Waals surface area contributed by atoms with Gasteiger partial charge in [-0.05, 0) is 38.7 Å². The van der Waals surface area contributed by atoms with Crippen LogP contribution >= 0.6 is 12.4 Å². The molecule has 22 heavy (non-hydrogen) atoms. The number of hydrogen-bond acceptors (Lipinski definition) is 5. The summed E-state index contributed by atoms with van der Waals surface area (Å²) < 4.78 is 5.07. The number of nitrogens with one attached hydrogen (secondary N) is 2. The van der Waals surface area contributed by atoms with Crippen LogP contribution in [0.3, 0.4) is 0 Å². The number of carbonyl (C=O) groups excluding carboxylic acids is 1. The van der Waals surface area contributed by atoms with Gasteiger partial charge in [-0.3, -0.25) is 4.79 Å².